The Morgan fingerprint density at radius 3 is 2.52 bits per heavy atom. The maximum atomic E-state index is 12.4. The molecule has 1 rings (SSSR count). The normalized spacial score (nSPS) is 11.9. The number of carbonyl (C=O) groups is 3. The molecule has 2 amide bonds. The molecule has 1 aromatic rings. The lowest BCUT2D eigenvalue weighted by molar-refractivity contribution is -0.143. The first-order chi connectivity index (χ1) is 13.6. The molecule has 0 aliphatic rings. The van der Waals surface area contributed by atoms with Crippen molar-refractivity contribution in [1.29, 1.82) is 0 Å². The Labute approximate surface area is 172 Å². The van der Waals surface area contributed by atoms with E-state index in [1.807, 2.05) is 6.07 Å². The smallest absolute Gasteiger partial charge is 0.407 e. The number of hydrogen-bond donors (Lipinski definition) is 2. The number of nitrogens with one attached hydrogen (secondary N) is 2. The van der Waals surface area contributed by atoms with E-state index in [0.29, 0.717) is 18.7 Å². The number of methoxy groups -OCH3 is 1. The summed E-state index contributed by atoms with van der Waals surface area (Å²) in [5, 5.41) is 5.47. The first-order valence-electron chi connectivity index (χ1n) is 9.70. The standard InChI is InChI=1S/C21H32N2O6/c1-6-28-19(25)14-17(15-9-7-10-16(13-15)27-5)23-18(24)11-8-12-22-20(26)29-21(2,3)4/h7,9-10,13,17H,6,8,11-12,14H2,1-5H3,(H,22,26)(H,23,24). The number of rotatable bonds is 10. The SMILES string of the molecule is CCOC(=O)CC(NC(=O)CCCNC(=O)OC(C)(C)C)c1cccc(OC)c1. The molecule has 8 nitrogen and oxygen atoms in total. The summed E-state index contributed by atoms with van der Waals surface area (Å²) >= 11 is 0. The van der Waals surface area contributed by atoms with Gasteiger partial charge in [0.1, 0.15) is 11.4 Å². The van der Waals surface area contributed by atoms with Gasteiger partial charge < -0.3 is 24.8 Å². The fourth-order valence-corrected chi connectivity index (χ4v) is 2.52. The molecule has 0 spiro atoms. The number of ether oxygens (including phenoxy) is 3. The lowest BCUT2D eigenvalue weighted by Crippen LogP contribution is -2.34. The Bertz CT molecular complexity index is 684. The molecule has 0 saturated heterocycles. The Morgan fingerprint density at radius 2 is 1.90 bits per heavy atom. The van der Waals surface area contributed by atoms with Crippen LogP contribution in [-0.2, 0) is 19.1 Å². The van der Waals surface area contributed by atoms with E-state index >= 15 is 0 Å². The molecule has 1 unspecified atom stereocenters. The second-order valence-corrected chi connectivity index (χ2v) is 7.44. The minimum absolute atomic E-state index is 0.0168. The van der Waals surface area contributed by atoms with Crippen molar-refractivity contribution in [3.8, 4) is 5.75 Å². The van der Waals surface area contributed by atoms with E-state index in [4.69, 9.17) is 14.2 Å². The van der Waals surface area contributed by atoms with Gasteiger partial charge in [0, 0.05) is 13.0 Å². The average Bonchev–Trinajstić information content (AvgIpc) is 2.63. The van der Waals surface area contributed by atoms with Gasteiger partial charge in [0.2, 0.25) is 5.91 Å². The highest BCUT2D eigenvalue weighted by atomic mass is 16.6. The molecule has 8 heteroatoms. The van der Waals surface area contributed by atoms with Crippen LogP contribution < -0.4 is 15.4 Å². The second kappa shape index (κ2) is 11.9. The summed E-state index contributed by atoms with van der Waals surface area (Å²) in [4.78, 5) is 35.9. The molecular formula is C21H32N2O6. The number of esters is 1. The number of benzene rings is 1. The molecule has 0 bridgehead atoms. The molecule has 1 aromatic carbocycles. The molecule has 0 heterocycles. The molecule has 0 radical (unpaired) electrons. The summed E-state index contributed by atoms with van der Waals surface area (Å²) in [6.07, 6.45) is 0.131. The van der Waals surface area contributed by atoms with E-state index in [2.05, 4.69) is 10.6 Å². The predicted molar refractivity (Wildman–Crippen MR) is 109 cm³/mol. The van der Waals surface area contributed by atoms with Gasteiger partial charge in [-0.1, -0.05) is 12.1 Å². The molecule has 0 aromatic heterocycles. The minimum atomic E-state index is -0.571. The van der Waals surface area contributed by atoms with Crippen LogP contribution in [0.5, 0.6) is 5.75 Å². The Balaban J connectivity index is 2.60. The van der Waals surface area contributed by atoms with Crippen LogP contribution in [0.25, 0.3) is 0 Å². The first-order valence-corrected chi connectivity index (χ1v) is 9.70. The molecule has 1 atom stereocenters. The van der Waals surface area contributed by atoms with Gasteiger partial charge >= 0.3 is 12.1 Å². The van der Waals surface area contributed by atoms with Crippen LogP contribution >= 0.6 is 0 Å². The Morgan fingerprint density at radius 1 is 1.17 bits per heavy atom. The zero-order chi connectivity index (χ0) is 21.9. The van der Waals surface area contributed by atoms with Gasteiger partial charge in [-0.15, -0.1) is 0 Å². The number of amides is 2. The fourth-order valence-electron chi connectivity index (χ4n) is 2.52. The van der Waals surface area contributed by atoms with Crippen molar-refractivity contribution in [1.82, 2.24) is 10.6 Å². The van der Waals surface area contributed by atoms with Gasteiger partial charge in [-0.25, -0.2) is 4.79 Å². The topological polar surface area (TPSA) is 103 Å². The average molecular weight is 408 g/mol. The van der Waals surface area contributed by atoms with Crippen LogP contribution in [0, 0.1) is 0 Å². The van der Waals surface area contributed by atoms with Crippen molar-refractivity contribution >= 4 is 18.0 Å². The van der Waals surface area contributed by atoms with Crippen LogP contribution in [0.15, 0.2) is 24.3 Å². The summed E-state index contributed by atoms with van der Waals surface area (Å²) in [7, 11) is 1.55. The zero-order valence-corrected chi connectivity index (χ0v) is 17.9. The van der Waals surface area contributed by atoms with Crippen molar-refractivity contribution in [3.05, 3.63) is 29.8 Å². The molecule has 2 N–H and O–H groups in total. The molecule has 0 aliphatic carbocycles. The van der Waals surface area contributed by atoms with Crippen molar-refractivity contribution in [2.45, 2.75) is 58.6 Å². The van der Waals surface area contributed by atoms with Gasteiger partial charge in [0.15, 0.2) is 0 Å². The fraction of sp³-hybridized carbons (Fsp3) is 0.571. The third-order valence-electron chi connectivity index (χ3n) is 3.76. The predicted octanol–water partition coefficient (Wildman–Crippen LogP) is 3.11. The highest BCUT2D eigenvalue weighted by Crippen LogP contribution is 2.22. The van der Waals surface area contributed by atoms with E-state index < -0.39 is 23.7 Å². The van der Waals surface area contributed by atoms with Crippen LogP contribution in [-0.4, -0.2) is 43.8 Å². The largest absolute Gasteiger partial charge is 0.497 e. The van der Waals surface area contributed by atoms with Gasteiger partial charge in [-0.3, -0.25) is 9.59 Å². The van der Waals surface area contributed by atoms with E-state index in [1.54, 1.807) is 53.0 Å². The van der Waals surface area contributed by atoms with Gasteiger partial charge in [-0.05, 0) is 51.8 Å². The van der Waals surface area contributed by atoms with Crippen molar-refractivity contribution in [2.24, 2.45) is 0 Å². The summed E-state index contributed by atoms with van der Waals surface area (Å²) in [5.74, 6) is 0.00693. The lowest BCUT2D eigenvalue weighted by Gasteiger charge is -2.20. The van der Waals surface area contributed by atoms with E-state index in [-0.39, 0.29) is 25.4 Å². The summed E-state index contributed by atoms with van der Waals surface area (Å²) in [6.45, 7) is 7.65. The lowest BCUT2D eigenvalue weighted by atomic mass is 10.0. The quantitative estimate of drug-likeness (QED) is 0.455. The number of hydrogen-bond acceptors (Lipinski definition) is 6. The van der Waals surface area contributed by atoms with Crippen LogP contribution in [0.3, 0.4) is 0 Å². The highest BCUT2D eigenvalue weighted by Gasteiger charge is 2.20. The van der Waals surface area contributed by atoms with Gasteiger partial charge in [-0.2, -0.15) is 0 Å². The summed E-state index contributed by atoms with van der Waals surface area (Å²) < 4.78 is 15.4. The molecule has 0 fully saturated rings. The first kappa shape index (κ1) is 24.3. The minimum Gasteiger partial charge on any atom is -0.497 e. The van der Waals surface area contributed by atoms with E-state index in [0.717, 1.165) is 5.56 Å². The molecule has 0 aliphatic heterocycles. The highest BCUT2D eigenvalue weighted by molar-refractivity contribution is 5.78. The number of carbonyl (C=O) groups excluding carboxylic acids is 3. The van der Waals surface area contributed by atoms with Crippen molar-refractivity contribution < 1.29 is 28.6 Å². The summed E-state index contributed by atoms with van der Waals surface area (Å²) in [5.41, 5.74) is 0.177. The maximum Gasteiger partial charge on any atom is 0.407 e. The van der Waals surface area contributed by atoms with E-state index in [9.17, 15) is 14.4 Å². The van der Waals surface area contributed by atoms with Gasteiger partial charge in [0.05, 0.1) is 26.2 Å². The summed E-state index contributed by atoms with van der Waals surface area (Å²) in [6, 6.07) is 6.64. The third kappa shape index (κ3) is 10.4. The molecule has 29 heavy (non-hydrogen) atoms. The molecule has 162 valence electrons. The van der Waals surface area contributed by atoms with Crippen LogP contribution in [0.2, 0.25) is 0 Å². The van der Waals surface area contributed by atoms with Crippen LogP contribution in [0.4, 0.5) is 4.79 Å². The van der Waals surface area contributed by atoms with Crippen molar-refractivity contribution in [2.75, 3.05) is 20.3 Å². The Kier molecular flexibility index (Phi) is 9.99. The Hall–Kier alpha value is -2.77. The van der Waals surface area contributed by atoms with E-state index in [1.165, 1.54) is 0 Å². The molecular weight excluding hydrogens is 376 g/mol. The third-order valence-corrected chi connectivity index (χ3v) is 3.76. The zero-order valence-electron chi connectivity index (χ0n) is 17.9. The molecule has 0 saturated carbocycles. The second-order valence-electron chi connectivity index (χ2n) is 7.44. The number of alkyl carbamates (subject to hydrolysis) is 1. The van der Waals surface area contributed by atoms with Gasteiger partial charge in [0.25, 0.3) is 0 Å². The monoisotopic (exact) mass is 408 g/mol. The van der Waals surface area contributed by atoms with Crippen molar-refractivity contribution in [3.63, 3.8) is 0 Å². The van der Waals surface area contributed by atoms with Crippen LogP contribution in [0.1, 0.15) is 58.6 Å². The maximum absolute atomic E-state index is 12.4.